The van der Waals surface area contributed by atoms with Crippen molar-refractivity contribution in [3.05, 3.63) is 0 Å². The van der Waals surface area contributed by atoms with Crippen molar-refractivity contribution in [3.8, 4) is 0 Å². The van der Waals surface area contributed by atoms with Crippen LogP contribution < -0.4 is 5.32 Å². The Kier molecular flexibility index (Phi) is 5.26. The standard InChI is InChI=1S/C13H25NO2/c1-4-7-11(3)10-16-12(15)13(5-2)8-6-9-14-13/h11,14H,4-10H2,1-3H3. The molecule has 1 rings (SSSR count). The summed E-state index contributed by atoms with van der Waals surface area (Å²) in [6.07, 6.45) is 5.10. The molecule has 0 aliphatic carbocycles. The first kappa shape index (κ1) is 13.5. The maximum Gasteiger partial charge on any atom is 0.326 e. The fraction of sp³-hybridized carbons (Fsp3) is 0.923. The van der Waals surface area contributed by atoms with Gasteiger partial charge in [-0.2, -0.15) is 0 Å². The van der Waals surface area contributed by atoms with Crippen LogP contribution in [0.15, 0.2) is 0 Å². The van der Waals surface area contributed by atoms with E-state index in [2.05, 4.69) is 26.1 Å². The summed E-state index contributed by atoms with van der Waals surface area (Å²) in [6, 6.07) is 0. The van der Waals surface area contributed by atoms with Crippen LogP contribution in [0.2, 0.25) is 0 Å². The molecule has 2 unspecified atom stereocenters. The minimum atomic E-state index is -0.383. The number of ether oxygens (including phenoxy) is 1. The number of rotatable bonds is 6. The van der Waals surface area contributed by atoms with Gasteiger partial charge in [-0.25, -0.2) is 0 Å². The molecule has 0 spiro atoms. The fourth-order valence-corrected chi connectivity index (χ4v) is 2.36. The number of nitrogens with one attached hydrogen (secondary N) is 1. The summed E-state index contributed by atoms with van der Waals surface area (Å²) in [5.41, 5.74) is -0.383. The number of esters is 1. The van der Waals surface area contributed by atoms with E-state index in [1.54, 1.807) is 0 Å². The van der Waals surface area contributed by atoms with Crippen molar-refractivity contribution in [3.63, 3.8) is 0 Å². The van der Waals surface area contributed by atoms with Gasteiger partial charge in [0.2, 0.25) is 0 Å². The Hall–Kier alpha value is -0.570. The average molecular weight is 227 g/mol. The van der Waals surface area contributed by atoms with E-state index in [4.69, 9.17) is 4.74 Å². The molecule has 1 saturated heterocycles. The van der Waals surface area contributed by atoms with Gasteiger partial charge >= 0.3 is 5.97 Å². The molecule has 1 fully saturated rings. The van der Waals surface area contributed by atoms with Crippen LogP contribution in [0.5, 0.6) is 0 Å². The van der Waals surface area contributed by atoms with Crippen LogP contribution >= 0.6 is 0 Å². The van der Waals surface area contributed by atoms with Crippen molar-refractivity contribution < 1.29 is 9.53 Å². The molecule has 1 heterocycles. The number of carbonyl (C=O) groups excluding carboxylic acids is 1. The number of hydrogen-bond donors (Lipinski definition) is 1. The highest BCUT2D eigenvalue weighted by atomic mass is 16.5. The minimum absolute atomic E-state index is 0.0459. The lowest BCUT2D eigenvalue weighted by Gasteiger charge is -2.26. The third-order valence-corrected chi connectivity index (χ3v) is 3.52. The first-order chi connectivity index (χ1) is 7.64. The highest BCUT2D eigenvalue weighted by Crippen LogP contribution is 2.24. The van der Waals surface area contributed by atoms with Gasteiger partial charge in [-0.15, -0.1) is 0 Å². The van der Waals surface area contributed by atoms with Crippen molar-refractivity contribution in [2.24, 2.45) is 5.92 Å². The second-order valence-corrected chi connectivity index (χ2v) is 4.96. The lowest BCUT2D eigenvalue weighted by Crippen LogP contribution is -2.48. The van der Waals surface area contributed by atoms with Gasteiger partial charge < -0.3 is 10.1 Å². The molecule has 3 heteroatoms. The minimum Gasteiger partial charge on any atom is -0.464 e. The second kappa shape index (κ2) is 6.24. The van der Waals surface area contributed by atoms with E-state index in [9.17, 15) is 4.79 Å². The SMILES string of the molecule is CCCC(C)COC(=O)C1(CC)CCCN1. The van der Waals surface area contributed by atoms with Crippen LogP contribution in [0.4, 0.5) is 0 Å². The lowest BCUT2D eigenvalue weighted by atomic mass is 9.94. The van der Waals surface area contributed by atoms with Crippen LogP contribution in [-0.2, 0) is 9.53 Å². The van der Waals surface area contributed by atoms with Crippen molar-refractivity contribution in [2.75, 3.05) is 13.2 Å². The van der Waals surface area contributed by atoms with Gasteiger partial charge in [0.1, 0.15) is 5.54 Å². The van der Waals surface area contributed by atoms with Gasteiger partial charge in [-0.3, -0.25) is 4.79 Å². The van der Waals surface area contributed by atoms with Crippen molar-refractivity contribution in [1.29, 1.82) is 0 Å². The van der Waals surface area contributed by atoms with Crippen LogP contribution in [0, 0.1) is 5.92 Å². The molecule has 0 aromatic heterocycles. The molecule has 0 bridgehead atoms. The third kappa shape index (κ3) is 3.21. The summed E-state index contributed by atoms with van der Waals surface area (Å²) < 4.78 is 5.43. The van der Waals surface area contributed by atoms with E-state index in [-0.39, 0.29) is 11.5 Å². The zero-order valence-electron chi connectivity index (χ0n) is 10.8. The molecule has 1 aliphatic rings. The quantitative estimate of drug-likeness (QED) is 0.709. The monoisotopic (exact) mass is 227 g/mol. The Morgan fingerprint density at radius 1 is 1.50 bits per heavy atom. The van der Waals surface area contributed by atoms with Crippen LogP contribution in [-0.4, -0.2) is 24.7 Å². The van der Waals surface area contributed by atoms with Crippen molar-refractivity contribution >= 4 is 5.97 Å². The fourth-order valence-electron chi connectivity index (χ4n) is 2.36. The van der Waals surface area contributed by atoms with E-state index < -0.39 is 0 Å². The summed E-state index contributed by atoms with van der Waals surface area (Å²) in [5, 5.41) is 3.30. The van der Waals surface area contributed by atoms with E-state index in [1.807, 2.05) is 0 Å². The van der Waals surface area contributed by atoms with E-state index >= 15 is 0 Å². The number of hydrogen-bond acceptors (Lipinski definition) is 3. The van der Waals surface area contributed by atoms with E-state index in [1.165, 1.54) is 0 Å². The molecular formula is C13H25NO2. The molecule has 3 nitrogen and oxygen atoms in total. The second-order valence-electron chi connectivity index (χ2n) is 4.96. The molecule has 0 aromatic carbocycles. The molecule has 0 saturated carbocycles. The molecule has 16 heavy (non-hydrogen) atoms. The first-order valence-electron chi connectivity index (χ1n) is 6.57. The molecule has 94 valence electrons. The topological polar surface area (TPSA) is 38.3 Å². The summed E-state index contributed by atoms with van der Waals surface area (Å²) >= 11 is 0. The molecule has 0 aromatic rings. The summed E-state index contributed by atoms with van der Waals surface area (Å²) in [7, 11) is 0. The first-order valence-corrected chi connectivity index (χ1v) is 6.57. The highest BCUT2D eigenvalue weighted by Gasteiger charge is 2.40. The largest absolute Gasteiger partial charge is 0.464 e. The maximum atomic E-state index is 12.0. The van der Waals surface area contributed by atoms with E-state index in [0.717, 1.165) is 38.6 Å². The van der Waals surface area contributed by atoms with Crippen molar-refractivity contribution in [1.82, 2.24) is 5.32 Å². The van der Waals surface area contributed by atoms with Gasteiger partial charge in [0, 0.05) is 0 Å². The van der Waals surface area contributed by atoms with Gasteiger partial charge in [0.05, 0.1) is 6.61 Å². The van der Waals surface area contributed by atoms with Crippen LogP contribution in [0.3, 0.4) is 0 Å². The summed E-state index contributed by atoms with van der Waals surface area (Å²) in [4.78, 5) is 12.0. The smallest absolute Gasteiger partial charge is 0.326 e. The zero-order chi connectivity index (χ0) is 12.0. The van der Waals surface area contributed by atoms with Gasteiger partial charge in [0.25, 0.3) is 0 Å². The number of carbonyl (C=O) groups is 1. The third-order valence-electron chi connectivity index (χ3n) is 3.52. The van der Waals surface area contributed by atoms with Gasteiger partial charge in [-0.1, -0.05) is 27.2 Å². The van der Waals surface area contributed by atoms with Gasteiger partial charge in [-0.05, 0) is 38.1 Å². The average Bonchev–Trinajstić information content (AvgIpc) is 2.76. The molecule has 1 aliphatic heterocycles. The lowest BCUT2D eigenvalue weighted by molar-refractivity contribution is -0.152. The summed E-state index contributed by atoms with van der Waals surface area (Å²) in [6.45, 7) is 7.85. The van der Waals surface area contributed by atoms with Crippen molar-refractivity contribution in [2.45, 2.75) is 58.4 Å². The van der Waals surface area contributed by atoms with E-state index in [0.29, 0.717) is 12.5 Å². The molecular weight excluding hydrogens is 202 g/mol. The molecule has 1 N–H and O–H groups in total. The van der Waals surface area contributed by atoms with Crippen LogP contribution in [0.1, 0.15) is 52.9 Å². The Balaban J connectivity index is 2.38. The molecule has 0 radical (unpaired) electrons. The maximum absolute atomic E-state index is 12.0. The Labute approximate surface area is 98.9 Å². The molecule has 0 amide bonds. The molecule has 2 atom stereocenters. The van der Waals surface area contributed by atoms with Crippen LogP contribution in [0.25, 0.3) is 0 Å². The normalized spacial score (nSPS) is 26.7. The zero-order valence-corrected chi connectivity index (χ0v) is 10.8. The predicted molar refractivity (Wildman–Crippen MR) is 65.3 cm³/mol. The Morgan fingerprint density at radius 3 is 2.75 bits per heavy atom. The Morgan fingerprint density at radius 2 is 2.25 bits per heavy atom. The predicted octanol–water partition coefficient (Wildman–Crippen LogP) is 2.50. The highest BCUT2D eigenvalue weighted by molar-refractivity contribution is 5.81. The summed E-state index contributed by atoms with van der Waals surface area (Å²) in [5.74, 6) is 0.430. The van der Waals surface area contributed by atoms with Gasteiger partial charge in [0.15, 0.2) is 0 Å². The Bertz CT molecular complexity index is 222.